The highest BCUT2D eigenvalue weighted by molar-refractivity contribution is 7.09. The smallest absolute Gasteiger partial charge is 0.226 e. The van der Waals surface area contributed by atoms with Crippen molar-refractivity contribution in [2.75, 3.05) is 13.1 Å². The number of hydrogen-bond acceptors (Lipinski definition) is 3. The number of carbonyl (C=O) groups is 1. The summed E-state index contributed by atoms with van der Waals surface area (Å²) in [5, 5.41) is 5.42. The molecule has 1 aliphatic heterocycles. The van der Waals surface area contributed by atoms with Crippen LogP contribution in [0.2, 0.25) is 0 Å². The second-order valence-corrected chi connectivity index (χ2v) is 6.33. The second kappa shape index (κ2) is 5.41. The molecule has 0 aromatic carbocycles. The van der Waals surface area contributed by atoms with Crippen LogP contribution in [0, 0.1) is 5.92 Å². The van der Waals surface area contributed by atoms with Crippen LogP contribution in [-0.4, -0.2) is 29.9 Å². The molecule has 1 amide bonds. The summed E-state index contributed by atoms with van der Waals surface area (Å²) in [6, 6.07) is 4.73. The van der Waals surface area contributed by atoms with Gasteiger partial charge in [-0.3, -0.25) is 4.79 Å². The molecule has 1 aromatic rings. The topological polar surface area (TPSA) is 32.3 Å². The zero-order valence-corrected chi connectivity index (χ0v) is 11.4. The summed E-state index contributed by atoms with van der Waals surface area (Å²) in [5.41, 5.74) is 0. The number of hydrogen-bond donors (Lipinski definition) is 1. The number of thiophene rings is 1. The number of nitrogens with zero attached hydrogens (tertiary/aromatic N) is 1. The van der Waals surface area contributed by atoms with Gasteiger partial charge in [0, 0.05) is 16.8 Å². The Hall–Kier alpha value is -0.870. The number of carbonyl (C=O) groups excluding carboxylic acids is 1. The Kier molecular flexibility index (Phi) is 3.66. The molecule has 98 valence electrons. The van der Waals surface area contributed by atoms with E-state index in [0.717, 1.165) is 32.5 Å². The predicted octanol–water partition coefficient (Wildman–Crippen LogP) is 2.24. The van der Waals surface area contributed by atoms with Crippen LogP contribution in [-0.2, 0) is 11.3 Å². The van der Waals surface area contributed by atoms with Crippen molar-refractivity contribution < 1.29 is 4.79 Å². The molecule has 2 heterocycles. The van der Waals surface area contributed by atoms with Crippen LogP contribution < -0.4 is 5.32 Å². The fourth-order valence-electron chi connectivity index (χ4n) is 2.65. The van der Waals surface area contributed by atoms with Crippen molar-refractivity contribution in [3.63, 3.8) is 0 Å². The Bertz CT molecular complexity index is 394. The van der Waals surface area contributed by atoms with Gasteiger partial charge in [-0.2, -0.15) is 0 Å². The Balaban J connectivity index is 1.66. The molecule has 0 unspecified atom stereocenters. The van der Waals surface area contributed by atoms with Gasteiger partial charge in [-0.05, 0) is 50.2 Å². The fraction of sp³-hybridized carbons (Fsp3) is 0.643. The van der Waals surface area contributed by atoms with E-state index in [1.54, 1.807) is 11.3 Å². The first kappa shape index (κ1) is 12.2. The van der Waals surface area contributed by atoms with Crippen LogP contribution in [0.15, 0.2) is 17.5 Å². The molecule has 18 heavy (non-hydrogen) atoms. The maximum atomic E-state index is 12.6. The van der Waals surface area contributed by atoms with Gasteiger partial charge in [0.15, 0.2) is 0 Å². The van der Waals surface area contributed by atoms with Crippen LogP contribution in [0.4, 0.5) is 0 Å². The van der Waals surface area contributed by atoms with Gasteiger partial charge < -0.3 is 10.2 Å². The molecule has 0 spiro atoms. The average Bonchev–Trinajstić information content (AvgIpc) is 3.13. The van der Waals surface area contributed by atoms with Crippen molar-refractivity contribution in [1.82, 2.24) is 10.2 Å². The van der Waals surface area contributed by atoms with E-state index in [2.05, 4.69) is 27.7 Å². The minimum atomic E-state index is 0.256. The minimum absolute atomic E-state index is 0.256. The second-order valence-electron chi connectivity index (χ2n) is 5.30. The Morgan fingerprint density at radius 2 is 2.11 bits per heavy atom. The third kappa shape index (κ3) is 2.75. The quantitative estimate of drug-likeness (QED) is 0.904. The largest absolute Gasteiger partial charge is 0.334 e. The summed E-state index contributed by atoms with van der Waals surface area (Å²) in [5.74, 6) is 0.652. The van der Waals surface area contributed by atoms with Crippen LogP contribution in [0.3, 0.4) is 0 Å². The summed E-state index contributed by atoms with van der Waals surface area (Å²) >= 11 is 1.75. The van der Waals surface area contributed by atoms with Crippen molar-refractivity contribution in [2.24, 2.45) is 5.92 Å². The van der Waals surface area contributed by atoms with E-state index in [1.165, 1.54) is 17.7 Å². The summed E-state index contributed by atoms with van der Waals surface area (Å²) in [6.45, 7) is 2.81. The first-order valence-electron chi connectivity index (χ1n) is 6.88. The Labute approximate surface area is 112 Å². The van der Waals surface area contributed by atoms with E-state index in [4.69, 9.17) is 0 Å². The van der Waals surface area contributed by atoms with Crippen LogP contribution in [0.1, 0.15) is 30.6 Å². The van der Waals surface area contributed by atoms with E-state index < -0.39 is 0 Å². The van der Waals surface area contributed by atoms with Gasteiger partial charge in [0.25, 0.3) is 0 Å². The van der Waals surface area contributed by atoms with Crippen molar-refractivity contribution in [2.45, 2.75) is 38.3 Å². The van der Waals surface area contributed by atoms with Crippen molar-refractivity contribution in [3.05, 3.63) is 22.4 Å². The molecule has 3 nitrogen and oxygen atoms in total. The predicted molar refractivity (Wildman–Crippen MR) is 73.5 cm³/mol. The van der Waals surface area contributed by atoms with Gasteiger partial charge in [-0.15, -0.1) is 11.3 Å². The van der Waals surface area contributed by atoms with Crippen molar-refractivity contribution in [1.29, 1.82) is 0 Å². The number of rotatable bonds is 4. The molecule has 1 saturated carbocycles. The molecule has 1 aromatic heterocycles. The highest BCUT2D eigenvalue weighted by atomic mass is 32.1. The van der Waals surface area contributed by atoms with E-state index >= 15 is 0 Å². The Morgan fingerprint density at radius 3 is 2.72 bits per heavy atom. The monoisotopic (exact) mass is 264 g/mol. The van der Waals surface area contributed by atoms with Gasteiger partial charge in [0.05, 0.1) is 6.54 Å². The van der Waals surface area contributed by atoms with Crippen molar-refractivity contribution in [3.8, 4) is 0 Å². The van der Waals surface area contributed by atoms with E-state index in [0.29, 0.717) is 11.9 Å². The third-order valence-electron chi connectivity index (χ3n) is 3.87. The minimum Gasteiger partial charge on any atom is -0.334 e. The van der Waals surface area contributed by atoms with E-state index in [-0.39, 0.29) is 5.92 Å². The molecule has 4 heteroatoms. The van der Waals surface area contributed by atoms with Gasteiger partial charge >= 0.3 is 0 Å². The maximum absolute atomic E-state index is 12.6. The highest BCUT2D eigenvalue weighted by Crippen LogP contribution is 2.31. The van der Waals surface area contributed by atoms with Gasteiger partial charge in [0.2, 0.25) is 5.91 Å². The molecular formula is C14H20N2OS. The first-order chi connectivity index (χ1) is 8.84. The lowest BCUT2D eigenvalue weighted by Gasteiger charge is -2.29. The van der Waals surface area contributed by atoms with Crippen LogP contribution in [0.5, 0.6) is 0 Å². The average molecular weight is 264 g/mol. The van der Waals surface area contributed by atoms with E-state index in [9.17, 15) is 4.79 Å². The lowest BCUT2D eigenvalue weighted by Crippen LogP contribution is -2.41. The molecule has 0 bridgehead atoms. The van der Waals surface area contributed by atoms with Crippen LogP contribution in [0.25, 0.3) is 0 Å². The first-order valence-corrected chi connectivity index (χ1v) is 7.76. The van der Waals surface area contributed by atoms with Gasteiger partial charge in [0.1, 0.15) is 0 Å². The van der Waals surface area contributed by atoms with Crippen molar-refractivity contribution >= 4 is 17.2 Å². The van der Waals surface area contributed by atoms with Gasteiger partial charge in [-0.25, -0.2) is 0 Å². The number of nitrogens with one attached hydrogen (secondary N) is 1. The summed E-state index contributed by atoms with van der Waals surface area (Å²) in [6.07, 6.45) is 4.41. The Morgan fingerprint density at radius 1 is 1.33 bits per heavy atom. The molecule has 0 radical (unpaired) electrons. The summed E-state index contributed by atoms with van der Waals surface area (Å²) in [7, 11) is 0. The molecule has 2 fully saturated rings. The summed E-state index contributed by atoms with van der Waals surface area (Å²) < 4.78 is 0. The van der Waals surface area contributed by atoms with Crippen LogP contribution >= 0.6 is 11.3 Å². The normalized spacial score (nSPS) is 20.9. The van der Waals surface area contributed by atoms with E-state index in [1.807, 2.05) is 0 Å². The number of piperidine rings is 1. The lowest BCUT2D eigenvalue weighted by molar-refractivity contribution is -0.137. The number of amides is 1. The fourth-order valence-corrected chi connectivity index (χ4v) is 3.35. The molecule has 1 aliphatic carbocycles. The molecule has 2 aliphatic rings. The molecule has 1 N–H and O–H groups in total. The highest BCUT2D eigenvalue weighted by Gasteiger charge is 2.36. The zero-order valence-electron chi connectivity index (χ0n) is 10.6. The maximum Gasteiger partial charge on any atom is 0.226 e. The zero-order chi connectivity index (χ0) is 12.4. The molecule has 1 saturated heterocycles. The summed E-state index contributed by atoms with van der Waals surface area (Å²) in [4.78, 5) is 16.1. The molecule has 3 rings (SSSR count). The molecular weight excluding hydrogens is 244 g/mol. The standard InChI is InChI=1S/C14H20N2OS/c17-14(11-5-7-15-8-6-11)16(12-3-4-12)10-13-2-1-9-18-13/h1-2,9,11-12,15H,3-8,10H2. The molecule has 0 atom stereocenters. The third-order valence-corrected chi connectivity index (χ3v) is 4.73. The SMILES string of the molecule is O=C(C1CCNCC1)N(Cc1cccs1)C1CC1. The van der Waals surface area contributed by atoms with Gasteiger partial charge in [-0.1, -0.05) is 6.07 Å². The lowest BCUT2D eigenvalue weighted by atomic mass is 9.96.